The van der Waals surface area contributed by atoms with Crippen molar-refractivity contribution in [3.05, 3.63) is 100 Å². The van der Waals surface area contributed by atoms with Gasteiger partial charge in [0.15, 0.2) is 0 Å². The summed E-state index contributed by atoms with van der Waals surface area (Å²) in [6.45, 7) is 10.3. The third-order valence-corrected chi connectivity index (χ3v) is 6.49. The molecule has 0 amide bonds. The van der Waals surface area contributed by atoms with Crippen LogP contribution < -0.4 is 14.8 Å². The molecule has 4 aromatic rings. The third kappa shape index (κ3) is 8.25. The second-order valence-corrected chi connectivity index (χ2v) is 9.29. The van der Waals surface area contributed by atoms with E-state index in [-0.39, 0.29) is 5.69 Å². The van der Waals surface area contributed by atoms with E-state index in [0.717, 1.165) is 59.3 Å². The van der Waals surface area contributed by atoms with Gasteiger partial charge in [0, 0.05) is 42.0 Å². The summed E-state index contributed by atoms with van der Waals surface area (Å²) in [5.74, 6) is 2.10. The number of hydrogen-bond donors (Lipinski definition) is 1. The van der Waals surface area contributed by atoms with Gasteiger partial charge < -0.3 is 19.7 Å². The number of hydrogen-bond acceptors (Lipinski definition) is 8. The summed E-state index contributed by atoms with van der Waals surface area (Å²) in [6, 6.07) is 24.0. The largest absolute Gasteiger partial charge is 0.493 e. The number of ether oxygens (including phenoxy) is 2. The van der Waals surface area contributed by atoms with E-state index in [2.05, 4.69) is 29.0 Å². The molecule has 0 radical (unpaired) electrons. The molecule has 4 rings (SSSR count). The molecular weight excluding hydrogens is 506 g/mol. The molecule has 0 atom stereocenters. The Labute approximate surface area is 235 Å². The van der Waals surface area contributed by atoms with Gasteiger partial charge in [-0.15, -0.1) is 0 Å². The number of nitro groups is 1. The van der Waals surface area contributed by atoms with Crippen LogP contribution in [0, 0.1) is 17.0 Å². The SMILES string of the molecule is CCN(CC)CCOc1ccc(Nc2nc(C)cc(-c3ccc(OCCc4ccc([N+](=O)[O-])cc4)cc3)n2)cc1. The maximum Gasteiger partial charge on any atom is 0.269 e. The first-order valence-corrected chi connectivity index (χ1v) is 13.5. The zero-order valence-electron chi connectivity index (χ0n) is 23.2. The highest BCUT2D eigenvalue weighted by Gasteiger charge is 2.08. The standard InChI is InChI=1S/C31H35N5O4/c1-4-35(5-2)19-21-40-29-16-10-26(11-17-29)33-31-32-23(3)22-30(34-31)25-8-14-28(15-9-25)39-20-18-24-6-12-27(13-7-24)36(37)38/h6-17,22H,4-5,18-21H2,1-3H3,(H,32,33,34). The summed E-state index contributed by atoms with van der Waals surface area (Å²) in [5, 5.41) is 14.1. The van der Waals surface area contributed by atoms with E-state index in [0.29, 0.717) is 25.6 Å². The Bertz CT molecular complexity index is 1370. The lowest BCUT2D eigenvalue weighted by molar-refractivity contribution is -0.384. The van der Waals surface area contributed by atoms with E-state index in [4.69, 9.17) is 14.5 Å². The fourth-order valence-electron chi connectivity index (χ4n) is 4.16. The molecular formula is C31H35N5O4. The number of aryl methyl sites for hydroxylation is 1. The Morgan fingerprint density at radius 2 is 1.48 bits per heavy atom. The molecule has 3 aromatic carbocycles. The molecule has 0 saturated carbocycles. The van der Waals surface area contributed by atoms with Crippen molar-refractivity contribution in [3.63, 3.8) is 0 Å². The Morgan fingerprint density at radius 3 is 2.10 bits per heavy atom. The summed E-state index contributed by atoms with van der Waals surface area (Å²) in [5.41, 5.74) is 4.56. The second-order valence-electron chi connectivity index (χ2n) is 9.29. The van der Waals surface area contributed by atoms with Crippen molar-refractivity contribution >= 4 is 17.3 Å². The van der Waals surface area contributed by atoms with Crippen LogP contribution in [0.4, 0.5) is 17.3 Å². The first kappa shape index (κ1) is 28.5. The van der Waals surface area contributed by atoms with Crippen molar-refractivity contribution in [2.24, 2.45) is 0 Å². The zero-order valence-corrected chi connectivity index (χ0v) is 23.2. The quantitative estimate of drug-likeness (QED) is 0.144. The van der Waals surface area contributed by atoms with Crippen LogP contribution in [0.3, 0.4) is 0 Å². The van der Waals surface area contributed by atoms with E-state index in [1.54, 1.807) is 12.1 Å². The average Bonchev–Trinajstić information content (AvgIpc) is 2.96. The Balaban J connectivity index is 1.31. The normalized spacial score (nSPS) is 10.9. The Morgan fingerprint density at radius 1 is 0.850 bits per heavy atom. The molecule has 1 heterocycles. The van der Waals surface area contributed by atoms with Gasteiger partial charge >= 0.3 is 0 Å². The van der Waals surface area contributed by atoms with Gasteiger partial charge in [-0.25, -0.2) is 9.97 Å². The van der Waals surface area contributed by atoms with Crippen LogP contribution in [0.15, 0.2) is 78.9 Å². The number of likely N-dealkylation sites (N-methyl/N-ethyl adjacent to an activating group) is 1. The molecule has 0 aliphatic carbocycles. The third-order valence-electron chi connectivity index (χ3n) is 6.49. The van der Waals surface area contributed by atoms with Crippen LogP contribution in [0.2, 0.25) is 0 Å². The molecule has 0 aliphatic rings. The van der Waals surface area contributed by atoms with Crippen molar-refractivity contribution in [1.82, 2.24) is 14.9 Å². The number of anilines is 2. The van der Waals surface area contributed by atoms with Crippen molar-refractivity contribution in [2.45, 2.75) is 27.2 Å². The highest BCUT2D eigenvalue weighted by Crippen LogP contribution is 2.24. The number of rotatable bonds is 14. The molecule has 1 aromatic heterocycles. The Kier molecular flexibility index (Phi) is 10.0. The number of benzene rings is 3. The van der Waals surface area contributed by atoms with Gasteiger partial charge in [-0.05, 0) is 80.2 Å². The fourth-order valence-corrected chi connectivity index (χ4v) is 4.16. The van der Waals surface area contributed by atoms with Crippen LogP contribution in [-0.4, -0.2) is 52.6 Å². The minimum absolute atomic E-state index is 0.0861. The van der Waals surface area contributed by atoms with Gasteiger partial charge in [-0.1, -0.05) is 26.0 Å². The van der Waals surface area contributed by atoms with Gasteiger partial charge in [0.1, 0.15) is 18.1 Å². The number of aromatic nitrogens is 2. The molecule has 208 valence electrons. The summed E-state index contributed by atoms with van der Waals surface area (Å²) in [4.78, 5) is 22.0. The Hall–Kier alpha value is -4.50. The van der Waals surface area contributed by atoms with Crippen molar-refractivity contribution in [2.75, 3.05) is 38.2 Å². The summed E-state index contributed by atoms with van der Waals surface area (Å²) < 4.78 is 11.7. The molecule has 0 fully saturated rings. The monoisotopic (exact) mass is 541 g/mol. The van der Waals surface area contributed by atoms with Gasteiger partial charge in [0.05, 0.1) is 17.2 Å². The highest BCUT2D eigenvalue weighted by molar-refractivity contribution is 5.63. The van der Waals surface area contributed by atoms with Crippen molar-refractivity contribution in [3.8, 4) is 22.8 Å². The highest BCUT2D eigenvalue weighted by atomic mass is 16.6. The molecule has 1 N–H and O–H groups in total. The molecule has 0 saturated heterocycles. The maximum absolute atomic E-state index is 10.8. The predicted molar refractivity (Wildman–Crippen MR) is 158 cm³/mol. The summed E-state index contributed by atoms with van der Waals surface area (Å²) in [7, 11) is 0. The summed E-state index contributed by atoms with van der Waals surface area (Å²) >= 11 is 0. The topological polar surface area (TPSA) is 103 Å². The van der Waals surface area contributed by atoms with E-state index in [1.807, 2.05) is 61.5 Å². The molecule has 0 spiro atoms. The number of nitrogens with zero attached hydrogens (tertiary/aromatic N) is 4. The van der Waals surface area contributed by atoms with Gasteiger partial charge in [0.25, 0.3) is 5.69 Å². The van der Waals surface area contributed by atoms with Crippen molar-refractivity contribution < 1.29 is 14.4 Å². The van der Waals surface area contributed by atoms with E-state index in [1.165, 1.54) is 12.1 Å². The van der Waals surface area contributed by atoms with Crippen LogP contribution in [0.5, 0.6) is 11.5 Å². The molecule has 0 aliphatic heterocycles. The average molecular weight is 542 g/mol. The molecule has 0 bridgehead atoms. The van der Waals surface area contributed by atoms with Crippen LogP contribution in [-0.2, 0) is 6.42 Å². The zero-order chi connectivity index (χ0) is 28.3. The van der Waals surface area contributed by atoms with Gasteiger partial charge in [0.2, 0.25) is 5.95 Å². The maximum atomic E-state index is 10.8. The number of nitro benzene ring substituents is 1. The van der Waals surface area contributed by atoms with E-state index < -0.39 is 4.92 Å². The lowest BCUT2D eigenvalue weighted by Gasteiger charge is -2.18. The predicted octanol–water partition coefficient (Wildman–Crippen LogP) is 6.45. The van der Waals surface area contributed by atoms with Gasteiger partial charge in [-0.3, -0.25) is 10.1 Å². The van der Waals surface area contributed by atoms with Crippen LogP contribution >= 0.6 is 0 Å². The molecule has 9 heteroatoms. The first-order valence-electron chi connectivity index (χ1n) is 13.5. The number of non-ortho nitro benzene ring substituents is 1. The van der Waals surface area contributed by atoms with Crippen LogP contribution in [0.25, 0.3) is 11.3 Å². The van der Waals surface area contributed by atoms with E-state index >= 15 is 0 Å². The second kappa shape index (κ2) is 14.0. The number of nitrogens with one attached hydrogen (secondary N) is 1. The molecule has 40 heavy (non-hydrogen) atoms. The fraction of sp³-hybridized carbons (Fsp3) is 0.290. The smallest absolute Gasteiger partial charge is 0.269 e. The summed E-state index contributed by atoms with van der Waals surface area (Å²) in [6.07, 6.45) is 0.656. The first-order chi connectivity index (χ1) is 19.4. The lowest BCUT2D eigenvalue weighted by Crippen LogP contribution is -2.27. The minimum atomic E-state index is -0.400. The van der Waals surface area contributed by atoms with E-state index in [9.17, 15) is 10.1 Å². The molecule has 9 nitrogen and oxygen atoms in total. The van der Waals surface area contributed by atoms with Gasteiger partial charge in [-0.2, -0.15) is 0 Å². The lowest BCUT2D eigenvalue weighted by atomic mass is 10.1. The van der Waals surface area contributed by atoms with Crippen LogP contribution in [0.1, 0.15) is 25.1 Å². The van der Waals surface area contributed by atoms with Crippen molar-refractivity contribution in [1.29, 1.82) is 0 Å². The minimum Gasteiger partial charge on any atom is -0.493 e. The molecule has 0 unspecified atom stereocenters.